The van der Waals surface area contributed by atoms with Crippen molar-refractivity contribution < 1.29 is 0 Å². The Hall–Kier alpha value is -3.19. The molecule has 3 aromatic rings. The van der Waals surface area contributed by atoms with Crippen molar-refractivity contribution in [1.29, 1.82) is 0 Å². The number of pyridine rings is 2. The van der Waals surface area contributed by atoms with Gasteiger partial charge in [-0.15, -0.1) is 0 Å². The van der Waals surface area contributed by atoms with E-state index in [4.69, 9.17) is 5.73 Å². The summed E-state index contributed by atoms with van der Waals surface area (Å²) < 4.78 is 0. The number of nitrogen functional groups attached to an aromatic ring is 1. The third kappa shape index (κ3) is 3.16. The summed E-state index contributed by atoms with van der Waals surface area (Å²) in [6.07, 6.45) is 4.44. The number of nitrogens with two attached hydrogens (primary N) is 1. The van der Waals surface area contributed by atoms with Crippen LogP contribution < -0.4 is 5.73 Å². The largest absolute Gasteiger partial charge is 0.383 e. The van der Waals surface area contributed by atoms with Crippen LogP contribution in [-0.2, 0) is 0 Å². The van der Waals surface area contributed by atoms with Crippen LogP contribution in [0.2, 0.25) is 0 Å². The number of aromatic nitrogens is 2. The molecule has 0 saturated heterocycles. The number of aliphatic imine (C=N–C) groups is 1. The van der Waals surface area contributed by atoms with Gasteiger partial charge in [-0.25, -0.2) is 4.98 Å². The van der Waals surface area contributed by atoms with Crippen molar-refractivity contribution in [2.75, 3.05) is 12.3 Å². The minimum Gasteiger partial charge on any atom is -0.383 e. The Morgan fingerprint density at radius 2 is 1.85 bits per heavy atom. The Bertz CT molecular complexity index is 1070. The normalized spacial score (nSPS) is 15.4. The molecule has 0 fully saturated rings. The van der Waals surface area contributed by atoms with Gasteiger partial charge in [-0.1, -0.05) is 37.8 Å². The smallest absolute Gasteiger partial charge is 0.132 e. The first-order valence-corrected chi connectivity index (χ1v) is 8.67. The van der Waals surface area contributed by atoms with Crippen LogP contribution >= 0.6 is 0 Å². The number of rotatable bonds is 1. The van der Waals surface area contributed by atoms with Crippen molar-refractivity contribution in [3.63, 3.8) is 0 Å². The molecule has 0 spiro atoms. The fraction of sp³-hybridized carbons (Fsp3) is 0.227. The lowest BCUT2D eigenvalue weighted by Gasteiger charge is -2.14. The number of hydrogen-bond donors (Lipinski definition) is 1. The van der Waals surface area contributed by atoms with Gasteiger partial charge >= 0.3 is 0 Å². The van der Waals surface area contributed by atoms with Gasteiger partial charge in [0, 0.05) is 35.6 Å². The second-order valence-corrected chi connectivity index (χ2v) is 7.39. The van der Waals surface area contributed by atoms with Crippen LogP contribution in [0.4, 0.5) is 5.82 Å². The molecule has 0 bridgehead atoms. The molecule has 26 heavy (non-hydrogen) atoms. The van der Waals surface area contributed by atoms with Crippen molar-refractivity contribution in [3.05, 3.63) is 65.5 Å². The Balaban J connectivity index is 1.61. The molecule has 2 aromatic heterocycles. The summed E-state index contributed by atoms with van der Waals surface area (Å²) in [6.45, 7) is 5.40. The molecule has 4 rings (SSSR count). The van der Waals surface area contributed by atoms with Crippen LogP contribution in [0.15, 0.2) is 53.8 Å². The standard InChI is InChI=1S/C22H20N4/c1-22(2)12-19(26-14-22)16-8-5-15(6-9-16)7-10-17-13-25-21(23)18-4-3-11-24-20(17)18/h3-6,8-9,11,13H,12,14H2,1-2H3,(H2,23,25). The van der Waals surface area contributed by atoms with E-state index in [1.165, 1.54) is 11.3 Å². The topological polar surface area (TPSA) is 64.2 Å². The molecule has 0 radical (unpaired) electrons. The minimum absolute atomic E-state index is 0.268. The molecular weight excluding hydrogens is 320 g/mol. The van der Waals surface area contributed by atoms with E-state index in [0.717, 1.165) is 35.0 Å². The van der Waals surface area contributed by atoms with Crippen LogP contribution in [0, 0.1) is 17.3 Å². The van der Waals surface area contributed by atoms with Gasteiger partial charge in [0.05, 0.1) is 11.1 Å². The Morgan fingerprint density at radius 3 is 2.58 bits per heavy atom. The lowest BCUT2D eigenvalue weighted by Crippen LogP contribution is -2.12. The van der Waals surface area contributed by atoms with E-state index in [1.54, 1.807) is 12.4 Å². The monoisotopic (exact) mass is 340 g/mol. The maximum Gasteiger partial charge on any atom is 0.132 e. The van der Waals surface area contributed by atoms with Crippen molar-refractivity contribution in [1.82, 2.24) is 9.97 Å². The second kappa shape index (κ2) is 6.27. The fourth-order valence-electron chi connectivity index (χ4n) is 3.14. The van der Waals surface area contributed by atoms with Gasteiger partial charge in [0.25, 0.3) is 0 Å². The van der Waals surface area contributed by atoms with Crippen molar-refractivity contribution in [3.8, 4) is 11.8 Å². The number of fused-ring (bicyclic) bond motifs is 1. The van der Waals surface area contributed by atoms with Gasteiger partial charge < -0.3 is 5.73 Å². The van der Waals surface area contributed by atoms with Crippen LogP contribution in [0.25, 0.3) is 10.9 Å². The van der Waals surface area contributed by atoms with E-state index >= 15 is 0 Å². The maximum absolute atomic E-state index is 5.92. The van der Waals surface area contributed by atoms with Gasteiger partial charge in [-0.05, 0) is 41.7 Å². The summed E-state index contributed by atoms with van der Waals surface area (Å²) in [5.41, 5.74) is 11.1. The van der Waals surface area contributed by atoms with E-state index in [2.05, 4.69) is 52.8 Å². The third-order valence-electron chi connectivity index (χ3n) is 4.58. The molecule has 1 aliphatic heterocycles. The first-order chi connectivity index (χ1) is 12.5. The number of hydrogen-bond acceptors (Lipinski definition) is 4. The quantitative estimate of drug-likeness (QED) is 0.685. The number of benzene rings is 1. The molecule has 0 amide bonds. The SMILES string of the molecule is CC1(C)CN=C(c2ccc(C#Cc3cnc(N)c4cccnc34)cc2)C1. The molecule has 1 aliphatic rings. The summed E-state index contributed by atoms with van der Waals surface area (Å²) in [5, 5.41) is 0.830. The van der Waals surface area contributed by atoms with Gasteiger partial charge in [0.2, 0.25) is 0 Å². The first-order valence-electron chi connectivity index (χ1n) is 8.67. The Morgan fingerprint density at radius 1 is 1.04 bits per heavy atom. The first kappa shape index (κ1) is 16.3. The van der Waals surface area contributed by atoms with E-state index in [-0.39, 0.29) is 5.41 Å². The average molecular weight is 340 g/mol. The van der Waals surface area contributed by atoms with Crippen LogP contribution in [0.3, 0.4) is 0 Å². The molecule has 2 N–H and O–H groups in total. The van der Waals surface area contributed by atoms with Crippen LogP contribution in [0.1, 0.15) is 37.0 Å². The van der Waals surface area contributed by atoms with E-state index in [1.807, 2.05) is 24.3 Å². The molecule has 4 heteroatoms. The zero-order chi connectivity index (χ0) is 18.1. The summed E-state index contributed by atoms with van der Waals surface area (Å²) in [7, 11) is 0. The molecule has 1 aromatic carbocycles. The Kier molecular flexibility index (Phi) is 3.93. The predicted octanol–water partition coefficient (Wildman–Crippen LogP) is 3.83. The average Bonchev–Trinajstić information content (AvgIpc) is 3.02. The van der Waals surface area contributed by atoms with Crippen molar-refractivity contribution in [2.45, 2.75) is 20.3 Å². The highest BCUT2D eigenvalue weighted by molar-refractivity contribution is 6.02. The highest BCUT2D eigenvalue weighted by Crippen LogP contribution is 2.29. The molecule has 0 unspecified atom stereocenters. The number of nitrogens with zero attached hydrogens (tertiary/aromatic N) is 3. The summed E-state index contributed by atoms with van der Waals surface area (Å²) >= 11 is 0. The van der Waals surface area contributed by atoms with Crippen LogP contribution in [-0.4, -0.2) is 22.2 Å². The molecular formula is C22H20N4. The fourth-order valence-corrected chi connectivity index (χ4v) is 3.14. The Labute approximate surface area is 153 Å². The lowest BCUT2D eigenvalue weighted by atomic mass is 9.88. The van der Waals surface area contributed by atoms with Gasteiger partial charge in [-0.3, -0.25) is 9.98 Å². The molecule has 128 valence electrons. The predicted molar refractivity (Wildman–Crippen MR) is 106 cm³/mol. The van der Waals surface area contributed by atoms with Crippen molar-refractivity contribution in [2.24, 2.45) is 10.4 Å². The van der Waals surface area contributed by atoms with Crippen molar-refractivity contribution >= 4 is 22.4 Å². The highest BCUT2D eigenvalue weighted by Gasteiger charge is 2.26. The highest BCUT2D eigenvalue weighted by atomic mass is 14.8. The minimum atomic E-state index is 0.268. The van der Waals surface area contributed by atoms with Crippen LogP contribution in [0.5, 0.6) is 0 Å². The van der Waals surface area contributed by atoms with E-state index in [9.17, 15) is 0 Å². The molecule has 0 aliphatic carbocycles. The molecule has 3 heterocycles. The van der Waals surface area contributed by atoms with Gasteiger partial charge in [0.1, 0.15) is 5.82 Å². The number of anilines is 1. The zero-order valence-corrected chi connectivity index (χ0v) is 15.0. The van der Waals surface area contributed by atoms with E-state index in [0.29, 0.717) is 5.82 Å². The zero-order valence-electron chi connectivity index (χ0n) is 15.0. The second-order valence-electron chi connectivity index (χ2n) is 7.39. The summed E-state index contributed by atoms with van der Waals surface area (Å²) in [4.78, 5) is 13.3. The summed E-state index contributed by atoms with van der Waals surface area (Å²) in [6, 6.07) is 12.0. The van der Waals surface area contributed by atoms with E-state index < -0.39 is 0 Å². The lowest BCUT2D eigenvalue weighted by molar-refractivity contribution is 0.423. The summed E-state index contributed by atoms with van der Waals surface area (Å²) in [5.74, 6) is 6.84. The van der Waals surface area contributed by atoms with Gasteiger partial charge in [-0.2, -0.15) is 0 Å². The van der Waals surface area contributed by atoms with Gasteiger partial charge in [0.15, 0.2) is 0 Å². The molecule has 4 nitrogen and oxygen atoms in total. The third-order valence-corrected chi connectivity index (χ3v) is 4.58. The molecule has 0 saturated carbocycles. The molecule has 0 atom stereocenters. The maximum atomic E-state index is 5.92.